The summed E-state index contributed by atoms with van der Waals surface area (Å²) >= 11 is 39.0. The topological polar surface area (TPSA) is 0 Å². The Kier molecular flexibility index (Phi) is 1.89. The third-order valence-electron chi connectivity index (χ3n) is 5.04. The highest BCUT2D eigenvalue weighted by Gasteiger charge is 2.93. The van der Waals surface area contributed by atoms with Crippen LogP contribution in [0.25, 0.3) is 0 Å². The minimum Gasteiger partial charge on any atom is -0.122 e. The van der Waals surface area contributed by atoms with Crippen molar-refractivity contribution in [1.82, 2.24) is 0 Å². The second-order valence-electron chi connectivity index (χ2n) is 5.18. The van der Waals surface area contributed by atoms with Crippen LogP contribution >= 0.6 is 69.6 Å². The summed E-state index contributed by atoms with van der Waals surface area (Å²) in [6, 6.07) is 0. The number of rotatable bonds is 0. The molecule has 0 aromatic rings. The molecule has 0 aromatic heterocycles. The molecule has 0 saturated heterocycles. The first-order valence-corrected chi connectivity index (χ1v) is 7.42. The minimum absolute atomic E-state index is 0.0781. The van der Waals surface area contributed by atoms with Gasteiger partial charge in [0.15, 0.2) is 0 Å². The number of fused-ring (bicyclic) bond motifs is 3. The Balaban J connectivity index is 2.08. The van der Waals surface area contributed by atoms with Crippen LogP contribution in [0.4, 0.5) is 0 Å². The molecule has 0 spiro atoms. The van der Waals surface area contributed by atoms with Gasteiger partial charge in [0, 0.05) is 17.2 Å². The van der Waals surface area contributed by atoms with Crippen molar-refractivity contribution in [1.29, 1.82) is 0 Å². The van der Waals surface area contributed by atoms with Gasteiger partial charge in [-0.3, -0.25) is 0 Å². The normalized spacial score (nSPS) is 70.1. The molecule has 0 heterocycles. The van der Waals surface area contributed by atoms with Crippen molar-refractivity contribution in [2.45, 2.75) is 26.4 Å². The highest BCUT2D eigenvalue weighted by Crippen LogP contribution is 2.88. The van der Waals surface area contributed by atoms with Crippen LogP contribution in [-0.4, -0.2) is 20.0 Å². The molecule has 3 fully saturated rings. The van der Waals surface area contributed by atoms with Gasteiger partial charge in [-0.15, -0.1) is 46.4 Å². The first-order valence-electron chi connectivity index (χ1n) is 5.10. The molecule has 3 saturated carbocycles. The Labute approximate surface area is 123 Å². The van der Waals surface area contributed by atoms with E-state index in [9.17, 15) is 0 Å². The van der Waals surface area contributed by atoms with Crippen molar-refractivity contribution >= 4 is 69.6 Å². The van der Waals surface area contributed by atoms with Gasteiger partial charge in [-0.25, -0.2) is 0 Å². The van der Waals surface area contributed by atoms with Gasteiger partial charge in [0.1, 0.15) is 9.75 Å². The molecule has 0 amide bonds. The summed E-state index contributed by atoms with van der Waals surface area (Å²) in [6.45, 7) is 0. The zero-order valence-electron chi connectivity index (χ0n) is 7.78. The number of hydrogen-bond donors (Lipinski definition) is 0. The molecule has 88 valence electrons. The van der Waals surface area contributed by atoms with Crippen LogP contribution < -0.4 is 0 Å². The Morgan fingerprint density at radius 1 is 0.938 bits per heavy atom. The molecule has 0 radical (unpaired) electrons. The fourth-order valence-electron chi connectivity index (χ4n) is 4.48. The number of halogens is 6. The van der Waals surface area contributed by atoms with E-state index < -0.39 is 14.6 Å². The van der Waals surface area contributed by atoms with Gasteiger partial charge < -0.3 is 0 Å². The quantitative estimate of drug-likeness (QED) is 0.570. The van der Waals surface area contributed by atoms with E-state index in [0.29, 0.717) is 10.1 Å². The predicted octanol–water partition coefficient (Wildman–Crippen LogP) is 4.51. The van der Waals surface area contributed by atoms with Crippen molar-refractivity contribution in [3.63, 3.8) is 0 Å². The van der Waals surface area contributed by atoms with Gasteiger partial charge in [-0.1, -0.05) is 23.2 Å². The van der Waals surface area contributed by atoms with Crippen molar-refractivity contribution in [2.24, 2.45) is 17.8 Å². The maximum absolute atomic E-state index is 6.70. The SMILES string of the molecule is ClC1=C(Cl)C2(Cl)C3C(Cl)C4CC3C2(Cl)C14Cl. The van der Waals surface area contributed by atoms with Crippen molar-refractivity contribution in [2.75, 3.05) is 0 Å². The van der Waals surface area contributed by atoms with Gasteiger partial charge >= 0.3 is 0 Å². The van der Waals surface area contributed by atoms with E-state index in [-0.39, 0.29) is 23.1 Å². The summed E-state index contributed by atoms with van der Waals surface area (Å²) in [5.41, 5.74) is 0. The molecule has 2 bridgehead atoms. The molecule has 0 aromatic carbocycles. The maximum Gasteiger partial charge on any atom is 0.107 e. The summed E-state index contributed by atoms with van der Waals surface area (Å²) in [5.74, 6) is 0.426. The molecule has 7 atom stereocenters. The number of hydrogen-bond acceptors (Lipinski definition) is 0. The van der Waals surface area contributed by atoms with Crippen LogP contribution in [0.1, 0.15) is 6.42 Å². The fourth-order valence-corrected chi connectivity index (χ4v) is 8.33. The van der Waals surface area contributed by atoms with Crippen molar-refractivity contribution in [3.05, 3.63) is 10.1 Å². The molecule has 7 unspecified atom stereocenters. The highest BCUT2D eigenvalue weighted by molar-refractivity contribution is 6.58. The van der Waals surface area contributed by atoms with Crippen LogP contribution in [0.5, 0.6) is 0 Å². The van der Waals surface area contributed by atoms with E-state index in [0.717, 1.165) is 6.42 Å². The summed E-state index contributed by atoms with van der Waals surface area (Å²) in [4.78, 5) is -2.45. The maximum atomic E-state index is 6.70. The van der Waals surface area contributed by atoms with Crippen LogP contribution in [0.15, 0.2) is 10.1 Å². The lowest BCUT2D eigenvalue weighted by Gasteiger charge is -2.64. The molecule has 4 aliphatic rings. The van der Waals surface area contributed by atoms with E-state index in [2.05, 4.69) is 0 Å². The molecule has 4 rings (SSSR count). The zero-order valence-corrected chi connectivity index (χ0v) is 12.3. The second kappa shape index (κ2) is 2.67. The van der Waals surface area contributed by atoms with E-state index in [4.69, 9.17) is 69.6 Å². The van der Waals surface area contributed by atoms with Gasteiger partial charge in [-0.05, 0) is 12.3 Å². The Morgan fingerprint density at radius 2 is 1.50 bits per heavy atom. The summed E-state index contributed by atoms with van der Waals surface area (Å²) in [6.07, 6.45) is 0.903. The zero-order chi connectivity index (χ0) is 11.7. The smallest absolute Gasteiger partial charge is 0.107 e. The van der Waals surface area contributed by atoms with Gasteiger partial charge in [-0.2, -0.15) is 0 Å². The minimum atomic E-state index is -0.860. The first-order chi connectivity index (χ1) is 7.33. The Morgan fingerprint density at radius 3 is 2.12 bits per heavy atom. The van der Waals surface area contributed by atoms with E-state index in [1.807, 2.05) is 0 Å². The van der Waals surface area contributed by atoms with Crippen LogP contribution in [-0.2, 0) is 0 Å². The van der Waals surface area contributed by atoms with Crippen LogP contribution in [0, 0.1) is 17.8 Å². The highest BCUT2D eigenvalue weighted by atomic mass is 35.5. The average molecular weight is 339 g/mol. The number of alkyl halides is 4. The third-order valence-corrected chi connectivity index (χ3v) is 9.46. The van der Waals surface area contributed by atoms with Gasteiger partial charge in [0.05, 0.1) is 14.9 Å². The van der Waals surface area contributed by atoms with Gasteiger partial charge in [0.2, 0.25) is 0 Å². The molecule has 6 heteroatoms. The monoisotopic (exact) mass is 336 g/mol. The third kappa shape index (κ3) is 0.672. The summed E-state index contributed by atoms with van der Waals surface area (Å²) < 4.78 is 0. The standard InChI is InChI=1S/C10H6Cl6/c11-5-3-1-2-4(5)9(15)7(13)6(12)8(3,14)10(2,9)16/h2-5H,1H2. The van der Waals surface area contributed by atoms with Crippen molar-refractivity contribution < 1.29 is 0 Å². The lowest BCUT2D eigenvalue weighted by Crippen LogP contribution is -2.76. The largest absolute Gasteiger partial charge is 0.122 e. The molecular weight excluding hydrogens is 333 g/mol. The lowest BCUT2D eigenvalue weighted by atomic mass is 9.53. The molecule has 0 nitrogen and oxygen atoms in total. The van der Waals surface area contributed by atoms with Gasteiger partial charge in [0.25, 0.3) is 0 Å². The number of allylic oxidation sites excluding steroid dienone is 2. The Bertz CT molecular complexity index is 458. The lowest BCUT2D eigenvalue weighted by molar-refractivity contribution is 0.0670. The van der Waals surface area contributed by atoms with Crippen LogP contribution in [0.3, 0.4) is 0 Å². The molecule has 16 heavy (non-hydrogen) atoms. The van der Waals surface area contributed by atoms with E-state index in [1.54, 1.807) is 0 Å². The van der Waals surface area contributed by atoms with Crippen molar-refractivity contribution in [3.8, 4) is 0 Å². The molecule has 0 aliphatic heterocycles. The first kappa shape index (κ1) is 11.3. The van der Waals surface area contributed by atoms with E-state index in [1.165, 1.54) is 0 Å². The molecule has 4 aliphatic carbocycles. The van der Waals surface area contributed by atoms with E-state index >= 15 is 0 Å². The second-order valence-corrected chi connectivity index (χ2v) is 8.23. The fraction of sp³-hybridized carbons (Fsp3) is 0.800. The molecular formula is C10H6Cl6. The predicted molar refractivity (Wildman–Crippen MR) is 69.2 cm³/mol. The van der Waals surface area contributed by atoms with Crippen LogP contribution in [0.2, 0.25) is 0 Å². The Hall–Kier alpha value is 1.48. The molecule has 0 N–H and O–H groups in total. The average Bonchev–Trinajstić information content (AvgIpc) is 2.69. The summed E-state index contributed by atoms with van der Waals surface area (Å²) in [5, 5.41) is 0.750. The summed E-state index contributed by atoms with van der Waals surface area (Å²) in [7, 11) is 0.